The molecule has 0 saturated carbocycles. The molecule has 1 unspecified atom stereocenters. The molecule has 1 atom stereocenters. The van der Waals surface area contributed by atoms with Gasteiger partial charge in [0.15, 0.2) is 0 Å². The molecule has 3 N–H and O–H groups in total. The summed E-state index contributed by atoms with van der Waals surface area (Å²) in [6.45, 7) is 2.94. The summed E-state index contributed by atoms with van der Waals surface area (Å²) in [7, 11) is 0. The predicted molar refractivity (Wildman–Crippen MR) is 59.2 cm³/mol. The van der Waals surface area contributed by atoms with Crippen LogP contribution >= 0.6 is 0 Å². The second kappa shape index (κ2) is 4.58. The Hall–Kier alpha value is -0.860. The highest BCUT2D eigenvalue weighted by Gasteiger charge is 2.18. The second-order valence-corrected chi connectivity index (χ2v) is 3.96. The molecule has 0 bridgehead atoms. The number of rotatable bonds is 3. The number of nitrogens with one attached hydrogen (secondary N) is 1. The SMILES string of the molecule is NCCCC1CNCc2ccccc21. The first-order valence-corrected chi connectivity index (χ1v) is 5.40. The van der Waals surface area contributed by atoms with E-state index in [1.54, 1.807) is 0 Å². The van der Waals surface area contributed by atoms with Gasteiger partial charge in [-0.15, -0.1) is 0 Å². The summed E-state index contributed by atoms with van der Waals surface area (Å²) >= 11 is 0. The Kier molecular flexibility index (Phi) is 3.17. The molecule has 0 spiro atoms. The molecule has 0 radical (unpaired) electrons. The van der Waals surface area contributed by atoms with Crippen LogP contribution in [0.1, 0.15) is 29.9 Å². The summed E-state index contributed by atoms with van der Waals surface area (Å²) in [6.07, 6.45) is 2.33. The van der Waals surface area contributed by atoms with Gasteiger partial charge in [-0.1, -0.05) is 24.3 Å². The van der Waals surface area contributed by atoms with Crippen LogP contribution in [0.25, 0.3) is 0 Å². The van der Waals surface area contributed by atoms with E-state index in [1.165, 1.54) is 17.5 Å². The summed E-state index contributed by atoms with van der Waals surface area (Å²) in [4.78, 5) is 0. The van der Waals surface area contributed by atoms with E-state index in [1.807, 2.05) is 0 Å². The lowest BCUT2D eigenvalue weighted by molar-refractivity contribution is 0.503. The Labute approximate surface area is 85.5 Å². The molecule has 1 heterocycles. The van der Waals surface area contributed by atoms with Gasteiger partial charge in [0.2, 0.25) is 0 Å². The van der Waals surface area contributed by atoms with E-state index >= 15 is 0 Å². The first-order valence-electron chi connectivity index (χ1n) is 5.40. The van der Waals surface area contributed by atoms with E-state index in [4.69, 9.17) is 5.73 Å². The lowest BCUT2D eigenvalue weighted by Crippen LogP contribution is -2.28. The van der Waals surface area contributed by atoms with E-state index in [0.717, 1.165) is 26.1 Å². The highest BCUT2D eigenvalue weighted by Crippen LogP contribution is 2.26. The molecule has 1 aliphatic heterocycles. The van der Waals surface area contributed by atoms with Crippen LogP contribution in [-0.2, 0) is 6.54 Å². The average Bonchev–Trinajstić information content (AvgIpc) is 2.26. The molecule has 2 heteroatoms. The van der Waals surface area contributed by atoms with Crippen LogP contribution in [0.2, 0.25) is 0 Å². The smallest absolute Gasteiger partial charge is 0.0208 e. The van der Waals surface area contributed by atoms with Crippen LogP contribution in [0.5, 0.6) is 0 Å². The summed E-state index contributed by atoms with van der Waals surface area (Å²) in [5.41, 5.74) is 8.53. The molecule has 0 saturated heterocycles. The quantitative estimate of drug-likeness (QED) is 0.760. The van der Waals surface area contributed by atoms with Crippen molar-refractivity contribution in [2.75, 3.05) is 13.1 Å². The fourth-order valence-corrected chi connectivity index (χ4v) is 2.21. The lowest BCUT2D eigenvalue weighted by atomic mass is 9.88. The Morgan fingerprint density at radius 2 is 2.21 bits per heavy atom. The standard InChI is InChI=1S/C12H18N2/c13-7-3-5-11-9-14-8-10-4-1-2-6-12(10)11/h1-2,4,6,11,14H,3,5,7-9,13H2. The highest BCUT2D eigenvalue weighted by molar-refractivity contribution is 5.32. The summed E-state index contributed by atoms with van der Waals surface area (Å²) in [5, 5.41) is 3.46. The second-order valence-electron chi connectivity index (χ2n) is 3.96. The van der Waals surface area contributed by atoms with Gasteiger partial charge < -0.3 is 11.1 Å². The van der Waals surface area contributed by atoms with E-state index in [9.17, 15) is 0 Å². The monoisotopic (exact) mass is 190 g/mol. The molecule has 0 aromatic heterocycles. The molecule has 1 aliphatic rings. The molecular formula is C12H18N2. The van der Waals surface area contributed by atoms with E-state index in [0.29, 0.717) is 5.92 Å². The van der Waals surface area contributed by atoms with Crippen molar-refractivity contribution < 1.29 is 0 Å². The van der Waals surface area contributed by atoms with Crippen molar-refractivity contribution >= 4 is 0 Å². The van der Waals surface area contributed by atoms with Gasteiger partial charge in [-0.3, -0.25) is 0 Å². The summed E-state index contributed by atoms with van der Waals surface area (Å²) in [5.74, 6) is 0.670. The predicted octanol–water partition coefficient (Wildman–Crippen LogP) is 1.61. The fourth-order valence-electron chi connectivity index (χ4n) is 2.21. The molecule has 1 aromatic rings. The van der Waals surface area contributed by atoms with Crippen LogP contribution in [0.4, 0.5) is 0 Å². The largest absolute Gasteiger partial charge is 0.330 e. The van der Waals surface area contributed by atoms with Crippen molar-refractivity contribution in [1.29, 1.82) is 0 Å². The number of hydrogen-bond donors (Lipinski definition) is 2. The molecule has 14 heavy (non-hydrogen) atoms. The molecular weight excluding hydrogens is 172 g/mol. The third-order valence-corrected chi connectivity index (χ3v) is 2.96. The van der Waals surface area contributed by atoms with Gasteiger partial charge in [-0.2, -0.15) is 0 Å². The van der Waals surface area contributed by atoms with Crippen molar-refractivity contribution in [1.82, 2.24) is 5.32 Å². The Balaban J connectivity index is 2.14. The third kappa shape index (κ3) is 1.97. The number of benzene rings is 1. The maximum atomic E-state index is 5.55. The van der Waals surface area contributed by atoms with Crippen molar-refractivity contribution in [2.45, 2.75) is 25.3 Å². The lowest BCUT2D eigenvalue weighted by Gasteiger charge is -2.26. The van der Waals surface area contributed by atoms with E-state index < -0.39 is 0 Å². The van der Waals surface area contributed by atoms with Gasteiger partial charge >= 0.3 is 0 Å². The van der Waals surface area contributed by atoms with Crippen LogP contribution in [0.15, 0.2) is 24.3 Å². The van der Waals surface area contributed by atoms with Crippen molar-refractivity contribution in [3.63, 3.8) is 0 Å². The van der Waals surface area contributed by atoms with Gasteiger partial charge in [0.05, 0.1) is 0 Å². The topological polar surface area (TPSA) is 38.0 Å². The third-order valence-electron chi connectivity index (χ3n) is 2.96. The van der Waals surface area contributed by atoms with E-state index in [2.05, 4.69) is 29.6 Å². The fraction of sp³-hybridized carbons (Fsp3) is 0.500. The summed E-state index contributed by atoms with van der Waals surface area (Å²) in [6, 6.07) is 8.74. The van der Waals surface area contributed by atoms with Crippen LogP contribution in [0.3, 0.4) is 0 Å². The first-order chi connectivity index (χ1) is 6.92. The van der Waals surface area contributed by atoms with Gasteiger partial charge in [0.25, 0.3) is 0 Å². The number of hydrogen-bond acceptors (Lipinski definition) is 2. The zero-order valence-corrected chi connectivity index (χ0v) is 8.50. The molecule has 0 aliphatic carbocycles. The van der Waals surface area contributed by atoms with Crippen LogP contribution in [0, 0.1) is 0 Å². The molecule has 76 valence electrons. The zero-order chi connectivity index (χ0) is 9.80. The average molecular weight is 190 g/mol. The molecule has 2 rings (SSSR count). The molecule has 0 amide bonds. The Morgan fingerprint density at radius 1 is 1.36 bits per heavy atom. The molecule has 0 fully saturated rings. The minimum Gasteiger partial charge on any atom is -0.330 e. The maximum Gasteiger partial charge on any atom is 0.0208 e. The van der Waals surface area contributed by atoms with Crippen LogP contribution in [-0.4, -0.2) is 13.1 Å². The number of nitrogens with two attached hydrogens (primary N) is 1. The number of fused-ring (bicyclic) bond motifs is 1. The summed E-state index contributed by atoms with van der Waals surface area (Å²) < 4.78 is 0. The van der Waals surface area contributed by atoms with Crippen LogP contribution < -0.4 is 11.1 Å². The zero-order valence-electron chi connectivity index (χ0n) is 8.50. The van der Waals surface area contributed by atoms with Gasteiger partial charge in [0.1, 0.15) is 0 Å². The van der Waals surface area contributed by atoms with Crippen molar-refractivity contribution in [2.24, 2.45) is 5.73 Å². The molecule has 1 aromatic carbocycles. The maximum absolute atomic E-state index is 5.55. The first kappa shape index (κ1) is 9.69. The highest BCUT2D eigenvalue weighted by atomic mass is 14.9. The van der Waals surface area contributed by atoms with Gasteiger partial charge in [-0.05, 0) is 36.4 Å². The van der Waals surface area contributed by atoms with Gasteiger partial charge in [-0.25, -0.2) is 0 Å². The van der Waals surface area contributed by atoms with Gasteiger partial charge in [0, 0.05) is 13.1 Å². The minimum absolute atomic E-state index is 0.670. The minimum atomic E-state index is 0.670. The van der Waals surface area contributed by atoms with E-state index in [-0.39, 0.29) is 0 Å². The normalized spacial score (nSPS) is 20.5. The Morgan fingerprint density at radius 3 is 3.07 bits per heavy atom. The molecule has 2 nitrogen and oxygen atoms in total. The Bertz CT molecular complexity index is 296. The van der Waals surface area contributed by atoms with Crippen molar-refractivity contribution in [3.05, 3.63) is 35.4 Å². The van der Waals surface area contributed by atoms with Crippen molar-refractivity contribution in [3.8, 4) is 0 Å².